The third kappa shape index (κ3) is 10.3. The molecule has 8 rings (SSSR count). The van der Waals surface area contributed by atoms with Crippen molar-refractivity contribution in [3.63, 3.8) is 0 Å². The summed E-state index contributed by atoms with van der Waals surface area (Å²) in [5.74, 6) is -1.33. The quantitative estimate of drug-likeness (QED) is 0.0465. The summed E-state index contributed by atoms with van der Waals surface area (Å²) in [5, 5.41) is 51.6. The highest BCUT2D eigenvalue weighted by Gasteiger charge is 2.41. The Labute approximate surface area is 403 Å². The van der Waals surface area contributed by atoms with Crippen molar-refractivity contribution in [3.05, 3.63) is 171 Å². The summed E-state index contributed by atoms with van der Waals surface area (Å²) in [5.41, 5.74) is 5.78. The van der Waals surface area contributed by atoms with Gasteiger partial charge in [0.1, 0.15) is 37.3 Å². The molecule has 18 heteroatoms. The number of carbonyl (C=O) groups is 4. The number of nitrogens with zero attached hydrogens (tertiary/aromatic N) is 6. The number of carboxylic acid groups (broad SMARTS) is 1. The molecule has 4 heterocycles. The Bertz CT molecular complexity index is 2780. The number of fused-ring (bicyclic) bond motifs is 2. The van der Waals surface area contributed by atoms with E-state index in [4.69, 9.17) is 9.84 Å². The number of halogens is 2. The van der Waals surface area contributed by atoms with Gasteiger partial charge in [-0.3, -0.25) is 9.59 Å². The number of aromatic nitrogens is 4. The third-order valence-corrected chi connectivity index (χ3v) is 13.0. The molecule has 2 amide bonds. The van der Waals surface area contributed by atoms with Gasteiger partial charge in [-0.25, -0.2) is 19.0 Å². The van der Waals surface area contributed by atoms with Gasteiger partial charge in [-0.05, 0) is 133 Å². The summed E-state index contributed by atoms with van der Waals surface area (Å²) in [6, 6.07) is 28.2. The largest absolute Gasteiger partial charge is 0.626 e. The molecule has 6 aromatic rings. The number of hydroxylamine groups is 4. The SMILES string of the molecule is COC(=O)c1ccc([C@H](C)NC(=O)c2c(C)nn3c2[N+]([O-])(Cc2cccc(I)c2)CC3)cc1.Cc1nn2c(c1C(=O)N[C@@H](C)c1ccc(C(=O)O)cc1)[N+]([O-])(Cc1cccc(I)c1)CC2. The van der Waals surface area contributed by atoms with Crippen molar-refractivity contribution in [3.8, 4) is 0 Å². The molecule has 4 atom stereocenters. The van der Waals surface area contributed by atoms with Crippen LogP contribution in [0.1, 0.15) is 101 Å². The van der Waals surface area contributed by atoms with Crippen LogP contribution in [0.25, 0.3) is 0 Å². The first kappa shape index (κ1) is 47.4. The van der Waals surface area contributed by atoms with Crippen molar-refractivity contribution in [2.75, 3.05) is 20.2 Å². The van der Waals surface area contributed by atoms with Gasteiger partial charge in [-0.1, -0.05) is 48.5 Å². The van der Waals surface area contributed by atoms with Crippen LogP contribution in [0.2, 0.25) is 0 Å². The molecular formula is C47H48I2N8O8. The smallest absolute Gasteiger partial charge is 0.337 e. The molecule has 0 fully saturated rings. The number of esters is 1. The van der Waals surface area contributed by atoms with Gasteiger partial charge in [-0.15, -0.1) is 0 Å². The van der Waals surface area contributed by atoms with Crippen LogP contribution in [0, 0.1) is 31.4 Å². The number of nitrogens with one attached hydrogen (secondary N) is 2. The summed E-state index contributed by atoms with van der Waals surface area (Å²) in [6.45, 7) is 9.23. The van der Waals surface area contributed by atoms with Crippen LogP contribution in [0.4, 0.5) is 11.6 Å². The van der Waals surface area contributed by atoms with Crippen molar-refractivity contribution in [1.29, 1.82) is 0 Å². The number of carboxylic acids is 1. The average molecular weight is 1110 g/mol. The second kappa shape index (κ2) is 19.5. The minimum absolute atomic E-state index is 0.182. The number of ether oxygens (including phenoxy) is 1. The average Bonchev–Trinajstić information content (AvgIpc) is 3.99. The Balaban J connectivity index is 0.000000194. The van der Waals surface area contributed by atoms with Crippen molar-refractivity contribution in [1.82, 2.24) is 39.5 Å². The number of quaternary nitrogens is 2. The lowest BCUT2D eigenvalue weighted by atomic mass is 10.1. The second-order valence-electron chi connectivity index (χ2n) is 16.2. The van der Waals surface area contributed by atoms with Gasteiger partial charge < -0.3 is 40.2 Å². The number of benzene rings is 4. The highest BCUT2D eigenvalue weighted by molar-refractivity contribution is 14.1. The van der Waals surface area contributed by atoms with E-state index in [0.717, 1.165) is 29.4 Å². The first-order chi connectivity index (χ1) is 30.9. The van der Waals surface area contributed by atoms with E-state index in [1.807, 2.05) is 62.4 Å². The topological polar surface area (TPSA) is 204 Å². The van der Waals surface area contributed by atoms with Gasteiger partial charge in [0.05, 0.1) is 54.8 Å². The van der Waals surface area contributed by atoms with Crippen molar-refractivity contribution >= 4 is 80.6 Å². The van der Waals surface area contributed by atoms with E-state index >= 15 is 0 Å². The predicted molar refractivity (Wildman–Crippen MR) is 263 cm³/mol. The molecule has 0 aliphatic carbocycles. The molecule has 16 nitrogen and oxygen atoms in total. The first-order valence-corrected chi connectivity index (χ1v) is 23.0. The lowest BCUT2D eigenvalue weighted by molar-refractivity contribution is 0.0599. The van der Waals surface area contributed by atoms with Crippen LogP contribution < -0.4 is 19.9 Å². The van der Waals surface area contributed by atoms with Crippen LogP contribution in [-0.2, 0) is 30.9 Å². The van der Waals surface area contributed by atoms with Crippen LogP contribution in [0.3, 0.4) is 0 Å². The maximum absolute atomic E-state index is 13.9. The number of methoxy groups -OCH3 is 1. The zero-order valence-electron chi connectivity index (χ0n) is 36.4. The van der Waals surface area contributed by atoms with Crippen molar-refractivity contribution < 1.29 is 29.0 Å². The Morgan fingerprint density at radius 2 is 1.09 bits per heavy atom. The molecule has 4 aromatic carbocycles. The molecule has 3 N–H and O–H groups in total. The number of hydrogen-bond acceptors (Lipinski definition) is 9. The minimum atomic E-state index is -1.00. The molecule has 2 unspecified atom stereocenters. The number of aryl methyl sites for hydroxylation is 2. The lowest BCUT2D eigenvalue weighted by Crippen LogP contribution is -2.42. The molecule has 0 spiro atoms. The Morgan fingerprint density at radius 1 is 0.692 bits per heavy atom. The lowest BCUT2D eigenvalue weighted by Gasteiger charge is -2.37. The van der Waals surface area contributed by atoms with E-state index in [1.165, 1.54) is 19.2 Å². The fraction of sp³-hybridized carbons (Fsp3) is 0.277. The van der Waals surface area contributed by atoms with Gasteiger partial charge in [-0.2, -0.15) is 10.2 Å². The minimum Gasteiger partial charge on any atom is -0.626 e. The van der Waals surface area contributed by atoms with Gasteiger partial charge in [0.15, 0.2) is 0 Å². The molecule has 2 aliphatic heterocycles. The van der Waals surface area contributed by atoms with Gasteiger partial charge in [0.25, 0.3) is 11.8 Å². The van der Waals surface area contributed by atoms with E-state index in [0.29, 0.717) is 65.9 Å². The standard InChI is InChI=1S/C24H25IN4O4.C23H23IN4O4/c1-15(18-7-9-19(10-8-18)24(31)33-3)26-22(30)21-16(2)27-28-11-12-29(32,23(21)28)14-17-5-4-6-20(25)13-17;1-14(17-6-8-18(9-7-17)23(30)31)25-21(29)20-15(2)26-27-10-11-28(32,22(20)27)13-16-4-3-5-19(24)12-16/h4-10,13,15H,11-12,14H2,1-3H3,(H,26,30);3-9,12,14H,10-11,13H2,1-2H3,(H,25,29)(H,30,31)/t15-,29?;14-,28?/m00/s1. The molecule has 2 aliphatic rings. The molecule has 2 aromatic heterocycles. The van der Waals surface area contributed by atoms with Crippen molar-refractivity contribution in [2.24, 2.45) is 0 Å². The number of hydrogen-bond donors (Lipinski definition) is 3. The predicted octanol–water partition coefficient (Wildman–Crippen LogP) is 8.10. The zero-order chi connectivity index (χ0) is 46.8. The molecule has 0 saturated carbocycles. The van der Waals surface area contributed by atoms with Gasteiger partial charge >= 0.3 is 11.9 Å². The van der Waals surface area contributed by atoms with Crippen LogP contribution in [-0.4, -0.2) is 68.6 Å². The summed E-state index contributed by atoms with van der Waals surface area (Å²) in [7, 11) is 1.33. The number of carbonyl (C=O) groups excluding carboxylic acids is 3. The Morgan fingerprint density at radius 3 is 1.46 bits per heavy atom. The van der Waals surface area contributed by atoms with E-state index in [9.17, 15) is 29.6 Å². The number of aromatic carboxylic acids is 1. The number of rotatable bonds is 12. The zero-order valence-corrected chi connectivity index (χ0v) is 40.7. The van der Waals surface area contributed by atoms with Crippen LogP contribution in [0.5, 0.6) is 0 Å². The first-order valence-electron chi connectivity index (χ1n) is 20.8. The second-order valence-corrected chi connectivity index (χ2v) is 18.7. The summed E-state index contributed by atoms with van der Waals surface area (Å²) < 4.78 is 8.90. The van der Waals surface area contributed by atoms with E-state index in [-0.39, 0.29) is 42.6 Å². The Kier molecular flexibility index (Phi) is 14.3. The third-order valence-electron chi connectivity index (χ3n) is 11.6. The maximum atomic E-state index is 13.9. The molecule has 0 radical (unpaired) electrons. The maximum Gasteiger partial charge on any atom is 0.337 e. The van der Waals surface area contributed by atoms with Gasteiger partial charge in [0.2, 0.25) is 11.6 Å². The summed E-state index contributed by atoms with van der Waals surface area (Å²) in [6.07, 6.45) is 0. The van der Waals surface area contributed by atoms with E-state index in [2.05, 4.69) is 66.0 Å². The van der Waals surface area contributed by atoms with E-state index < -0.39 is 21.2 Å². The fourth-order valence-electron chi connectivity index (χ4n) is 8.35. The molecule has 0 saturated heterocycles. The molecule has 65 heavy (non-hydrogen) atoms. The molecule has 338 valence electrons. The van der Waals surface area contributed by atoms with Crippen LogP contribution in [0.15, 0.2) is 97.1 Å². The van der Waals surface area contributed by atoms with Crippen LogP contribution >= 0.6 is 45.2 Å². The monoisotopic (exact) mass is 1110 g/mol. The van der Waals surface area contributed by atoms with Gasteiger partial charge in [0, 0.05) is 18.3 Å². The molecular weight excluding hydrogens is 1060 g/mol. The highest BCUT2D eigenvalue weighted by Crippen LogP contribution is 2.38. The molecule has 0 bridgehead atoms. The number of amides is 2. The summed E-state index contributed by atoms with van der Waals surface area (Å²) in [4.78, 5) is 49.2. The summed E-state index contributed by atoms with van der Waals surface area (Å²) >= 11 is 4.45. The Hall–Kier alpha value is -5.52. The normalized spacial score (nSPS) is 18.1. The fourth-order valence-corrected chi connectivity index (χ4v) is 9.56. The van der Waals surface area contributed by atoms with E-state index in [1.54, 1.807) is 59.6 Å². The van der Waals surface area contributed by atoms with Crippen molar-refractivity contribution in [2.45, 2.75) is 66.0 Å². The highest BCUT2D eigenvalue weighted by atomic mass is 127.